The Hall–Kier alpha value is -1.26. The summed E-state index contributed by atoms with van der Waals surface area (Å²) in [5.74, 6) is 3.36. The van der Waals surface area contributed by atoms with Crippen molar-refractivity contribution >= 4 is 32.1 Å². The number of hydrogen-bond donors (Lipinski definition) is 0. The van der Waals surface area contributed by atoms with Crippen LogP contribution in [0.5, 0.6) is 0 Å². The zero-order valence-corrected chi connectivity index (χ0v) is 17.6. The molecule has 0 aliphatic heterocycles. The Morgan fingerprint density at radius 3 is 2.38 bits per heavy atom. The first-order chi connectivity index (χ1) is 12.6. The Kier molecular flexibility index (Phi) is 5.42. The molecule has 138 valence electrons. The van der Waals surface area contributed by atoms with Gasteiger partial charge in [0.15, 0.2) is 5.82 Å². The molecule has 1 atom stereocenters. The minimum absolute atomic E-state index is 0.695. The monoisotopic (exact) mass is 384 g/mol. The molecule has 1 fully saturated rings. The van der Waals surface area contributed by atoms with E-state index in [9.17, 15) is 0 Å². The molecule has 26 heavy (non-hydrogen) atoms. The highest BCUT2D eigenvalue weighted by molar-refractivity contribution is 7.29. The van der Waals surface area contributed by atoms with E-state index in [4.69, 9.17) is 0 Å². The van der Waals surface area contributed by atoms with E-state index in [2.05, 4.69) is 42.9 Å². The quantitative estimate of drug-likeness (QED) is 0.461. The summed E-state index contributed by atoms with van der Waals surface area (Å²) in [6, 6.07) is 4.72. The van der Waals surface area contributed by atoms with E-state index in [0.29, 0.717) is 5.92 Å². The number of aryl methyl sites for hydroxylation is 1. The van der Waals surface area contributed by atoms with Gasteiger partial charge in [-0.25, -0.2) is 9.97 Å². The zero-order valence-electron chi connectivity index (χ0n) is 16.0. The van der Waals surface area contributed by atoms with E-state index in [1.54, 1.807) is 4.88 Å². The van der Waals surface area contributed by atoms with Gasteiger partial charge in [0.1, 0.15) is 0 Å². The first-order valence-electron chi connectivity index (χ1n) is 9.98. The molecule has 0 bridgehead atoms. The van der Waals surface area contributed by atoms with E-state index in [-0.39, 0.29) is 0 Å². The Morgan fingerprint density at radius 2 is 1.73 bits per heavy atom. The lowest BCUT2D eigenvalue weighted by molar-refractivity contribution is 0.263. The van der Waals surface area contributed by atoms with Crippen LogP contribution >= 0.6 is 22.7 Å². The fraction of sp³-hybridized carbons (Fsp3) is 0.545. The average molecular weight is 385 g/mol. The summed E-state index contributed by atoms with van der Waals surface area (Å²) < 4.78 is 2.80. The van der Waals surface area contributed by atoms with Gasteiger partial charge in [-0.1, -0.05) is 40.0 Å². The van der Waals surface area contributed by atoms with Gasteiger partial charge >= 0.3 is 0 Å². The van der Waals surface area contributed by atoms with Crippen LogP contribution in [0, 0.1) is 11.8 Å². The first kappa shape index (κ1) is 18.1. The van der Waals surface area contributed by atoms with Crippen molar-refractivity contribution in [1.82, 2.24) is 9.97 Å². The maximum absolute atomic E-state index is 4.58. The van der Waals surface area contributed by atoms with E-state index in [1.165, 1.54) is 45.5 Å². The highest BCUT2D eigenvalue weighted by atomic mass is 32.1. The smallest absolute Gasteiger partial charge is 0.169 e. The molecule has 3 aromatic rings. The predicted octanol–water partition coefficient (Wildman–Crippen LogP) is 7.30. The minimum Gasteiger partial charge on any atom is -0.236 e. The van der Waals surface area contributed by atoms with Gasteiger partial charge in [-0.2, -0.15) is 0 Å². The normalized spacial score (nSPS) is 22.0. The van der Waals surface area contributed by atoms with E-state index < -0.39 is 0 Å². The lowest BCUT2D eigenvalue weighted by Crippen LogP contribution is -2.17. The summed E-state index contributed by atoms with van der Waals surface area (Å²) in [6.07, 6.45) is 11.8. The molecule has 1 aliphatic rings. The van der Waals surface area contributed by atoms with Gasteiger partial charge in [0.05, 0.1) is 4.88 Å². The number of thiophene rings is 2. The number of aromatic nitrogens is 2. The summed E-state index contributed by atoms with van der Waals surface area (Å²) in [5, 5.41) is 0. The van der Waals surface area contributed by atoms with Crippen LogP contribution in [-0.2, 0) is 6.42 Å². The molecule has 0 radical (unpaired) electrons. The first-order valence-corrected chi connectivity index (χ1v) is 11.6. The van der Waals surface area contributed by atoms with Crippen LogP contribution in [0.3, 0.4) is 0 Å². The van der Waals surface area contributed by atoms with Crippen molar-refractivity contribution < 1.29 is 0 Å². The van der Waals surface area contributed by atoms with Gasteiger partial charge in [-0.15, -0.1) is 22.7 Å². The molecular weight excluding hydrogens is 356 g/mol. The summed E-state index contributed by atoms with van der Waals surface area (Å²) in [6.45, 7) is 7.03. The third-order valence-electron chi connectivity index (χ3n) is 5.91. The largest absolute Gasteiger partial charge is 0.236 e. The van der Waals surface area contributed by atoms with Crippen LogP contribution in [0.2, 0.25) is 0 Å². The second-order valence-corrected chi connectivity index (χ2v) is 10.2. The van der Waals surface area contributed by atoms with Gasteiger partial charge in [-0.05, 0) is 54.7 Å². The Balaban J connectivity index is 1.51. The number of nitrogens with zero attached hydrogens (tertiary/aromatic N) is 2. The summed E-state index contributed by atoms with van der Waals surface area (Å²) in [5.41, 5.74) is 1.23. The van der Waals surface area contributed by atoms with Crippen molar-refractivity contribution in [3.63, 3.8) is 0 Å². The Bertz CT molecular complexity index is 823. The second kappa shape index (κ2) is 7.77. The topological polar surface area (TPSA) is 25.8 Å². The van der Waals surface area contributed by atoms with Crippen molar-refractivity contribution in [2.24, 2.45) is 11.8 Å². The lowest BCUT2D eigenvalue weighted by Gasteiger charge is -2.30. The molecule has 4 heteroatoms. The highest BCUT2D eigenvalue weighted by Gasteiger charge is 2.25. The third kappa shape index (κ3) is 3.72. The van der Waals surface area contributed by atoms with Crippen molar-refractivity contribution in [3.05, 3.63) is 35.0 Å². The molecule has 1 unspecified atom stereocenters. The van der Waals surface area contributed by atoms with Crippen LogP contribution in [0.1, 0.15) is 69.2 Å². The van der Waals surface area contributed by atoms with Crippen molar-refractivity contribution in [1.29, 1.82) is 0 Å². The number of fused-ring (bicyclic) bond motifs is 1. The third-order valence-corrected chi connectivity index (χ3v) is 8.40. The average Bonchev–Trinajstić information content (AvgIpc) is 3.22. The molecule has 0 aromatic carbocycles. The van der Waals surface area contributed by atoms with E-state index in [0.717, 1.165) is 30.5 Å². The molecule has 3 heterocycles. The van der Waals surface area contributed by atoms with Gasteiger partial charge in [0.25, 0.3) is 0 Å². The second-order valence-electron chi connectivity index (χ2n) is 7.96. The predicted molar refractivity (Wildman–Crippen MR) is 114 cm³/mol. The maximum Gasteiger partial charge on any atom is 0.169 e. The lowest BCUT2D eigenvalue weighted by atomic mass is 9.76. The highest BCUT2D eigenvalue weighted by Crippen LogP contribution is 2.44. The van der Waals surface area contributed by atoms with Crippen LogP contribution in [0.25, 0.3) is 20.1 Å². The van der Waals surface area contributed by atoms with E-state index in [1.807, 2.05) is 35.1 Å². The van der Waals surface area contributed by atoms with E-state index >= 15 is 0 Å². The minimum atomic E-state index is 0.695. The van der Waals surface area contributed by atoms with Gasteiger partial charge in [-0.3, -0.25) is 0 Å². The Morgan fingerprint density at radius 1 is 1.04 bits per heavy atom. The number of rotatable bonds is 5. The fourth-order valence-electron chi connectivity index (χ4n) is 4.11. The SMILES string of the molecule is CCCc1cnc(-c2cc3sc(C(C)C4CCC(C)CC4)cc3s2)nc1. The molecule has 4 rings (SSSR count). The molecule has 0 saturated heterocycles. The van der Waals surface area contributed by atoms with Crippen molar-refractivity contribution in [3.8, 4) is 10.7 Å². The van der Waals surface area contributed by atoms with Gasteiger partial charge in [0.2, 0.25) is 0 Å². The Labute approximate surface area is 164 Å². The van der Waals surface area contributed by atoms with Crippen LogP contribution in [0.4, 0.5) is 0 Å². The van der Waals surface area contributed by atoms with Gasteiger partial charge < -0.3 is 0 Å². The molecular formula is C22H28N2S2. The van der Waals surface area contributed by atoms with Crippen LogP contribution in [0.15, 0.2) is 24.5 Å². The van der Waals surface area contributed by atoms with Crippen LogP contribution in [-0.4, -0.2) is 9.97 Å². The van der Waals surface area contributed by atoms with Crippen molar-refractivity contribution in [2.75, 3.05) is 0 Å². The molecule has 3 aromatic heterocycles. The summed E-state index contributed by atoms with van der Waals surface area (Å²) in [4.78, 5) is 11.9. The van der Waals surface area contributed by atoms with Gasteiger partial charge in [0, 0.05) is 26.7 Å². The molecule has 1 aliphatic carbocycles. The fourth-order valence-corrected chi connectivity index (χ4v) is 6.61. The maximum atomic E-state index is 4.58. The molecule has 2 nitrogen and oxygen atoms in total. The zero-order chi connectivity index (χ0) is 18.1. The number of hydrogen-bond acceptors (Lipinski definition) is 4. The molecule has 0 spiro atoms. The molecule has 0 amide bonds. The summed E-state index contributed by atoms with van der Waals surface area (Å²) >= 11 is 3.82. The van der Waals surface area contributed by atoms with Crippen molar-refractivity contribution in [2.45, 2.75) is 65.2 Å². The molecule has 0 N–H and O–H groups in total. The summed E-state index contributed by atoms with van der Waals surface area (Å²) in [7, 11) is 0. The standard InChI is InChI=1S/C22H28N2S2/c1-4-5-16-12-23-22(24-13-16)21-11-20-19(26-21)10-18(25-20)15(3)17-8-6-14(2)7-9-17/h10-15,17H,4-9H2,1-3H3. The molecule has 1 saturated carbocycles. The van der Waals surface area contributed by atoms with Crippen LogP contribution < -0.4 is 0 Å².